The van der Waals surface area contributed by atoms with Gasteiger partial charge in [0.05, 0.1) is 0 Å². The SMILES string of the molecule is Cc1cc(CC2CCCN(Cc3cc4c(cc3C)OCCO4)C2)cc(C)n1. The van der Waals surface area contributed by atoms with Crippen molar-refractivity contribution in [2.75, 3.05) is 26.3 Å². The molecule has 2 aliphatic rings. The number of pyridine rings is 1. The molecule has 1 atom stereocenters. The van der Waals surface area contributed by atoms with E-state index >= 15 is 0 Å². The molecular weight excluding hydrogens is 336 g/mol. The lowest BCUT2D eigenvalue weighted by Crippen LogP contribution is -2.36. The second kappa shape index (κ2) is 7.89. The fraction of sp³-hybridized carbons (Fsp3) is 0.522. The third-order valence-electron chi connectivity index (χ3n) is 5.66. The molecule has 0 aliphatic carbocycles. The Morgan fingerprint density at radius 1 is 1.00 bits per heavy atom. The van der Waals surface area contributed by atoms with Crippen molar-refractivity contribution in [1.82, 2.24) is 9.88 Å². The Bertz CT molecular complexity index is 798. The summed E-state index contributed by atoms with van der Waals surface area (Å²) in [6, 6.07) is 8.81. The van der Waals surface area contributed by atoms with Crippen LogP contribution in [0.2, 0.25) is 0 Å². The van der Waals surface area contributed by atoms with Crippen LogP contribution in [0.1, 0.15) is 40.9 Å². The van der Waals surface area contributed by atoms with Crippen LogP contribution in [0.15, 0.2) is 24.3 Å². The quantitative estimate of drug-likeness (QED) is 0.811. The number of fused-ring (bicyclic) bond motifs is 1. The summed E-state index contributed by atoms with van der Waals surface area (Å²) >= 11 is 0. The van der Waals surface area contributed by atoms with Crippen LogP contribution in [0.3, 0.4) is 0 Å². The van der Waals surface area contributed by atoms with Crippen molar-refractivity contribution in [2.24, 2.45) is 5.92 Å². The van der Waals surface area contributed by atoms with E-state index in [1.807, 2.05) is 0 Å². The minimum Gasteiger partial charge on any atom is -0.486 e. The zero-order valence-corrected chi connectivity index (χ0v) is 16.8. The maximum Gasteiger partial charge on any atom is 0.161 e. The summed E-state index contributed by atoms with van der Waals surface area (Å²) in [5.74, 6) is 2.51. The molecule has 3 heterocycles. The predicted octanol–water partition coefficient (Wildman–Crippen LogP) is 4.23. The standard InChI is InChI=1S/C23H30N2O2/c1-16-9-22-23(27-8-7-26-22)13-21(16)15-25-6-4-5-19(14-25)12-20-10-17(2)24-18(3)11-20/h9-11,13,19H,4-8,12,14-15H2,1-3H3. The van der Waals surface area contributed by atoms with Crippen molar-refractivity contribution in [2.45, 2.75) is 46.6 Å². The first-order chi connectivity index (χ1) is 13.1. The van der Waals surface area contributed by atoms with E-state index in [9.17, 15) is 0 Å². The van der Waals surface area contributed by atoms with Gasteiger partial charge in [0.2, 0.25) is 0 Å². The van der Waals surface area contributed by atoms with Crippen molar-refractivity contribution >= 4 is 0 Å². The Hall–Kier alpha value is -2.07. The Kier molecular flexibility index (Phi) is 5.35. The van der Waals surface area contributed by atoms with Crippen molar-refractivity contribution in [3.05, 3.63) is 52.3 Å². The first-order valence-electron chi connectivity index (χ1n) is 10.1. The summed E-state index contributed by atoms with van der Waals surface area (Å²) in [5, 5.41) is 0. The Labute approximate surface area is 162 Å². The molecule has 0 bridgehead atoms. The van der Waals surface area contributed by atoms with Crippen LogP contribution in [0.25, 0.3) is 0 Å². The fourth-order valence-electron chi connectivity index (χ4n) is 4.48. The lowest BCUT2D eigenvalue weighted by atomic mass is 9.90. The number of hydrogen-bond donors (Lipinski definition) is 0. The summed E-state index contributed by atoms with van der Waals surface area (Å²) in [5.41, 5.74) is 6.34. The molecule has 1 fully saturated rings. The van der Waals surface area contributed by atoms with E-state index in [2.05, 4.69) is 54.9 Å². The molecule has 4 heteroatoms. The molecule has 1 unspecified atom stereocenters. The van der Waals surface area contributed by atoms with Crippen molar-refractivity contribution < 1.29 is 9.47 Å². The Balaban J connectivity index is 1.43. The maximum absolute atomic E-state index is 5.78. The van der Waals surface area contributed by atoms with Gasteiger partial charge in [-0.2, -0.15) is 0 Å². The summed E-state index contributed by atoms with van der Waals surface area (Å²) in [6.45, 7) is 11.0. The largest absolute Gasteiger partial charge is 0.486 e. The average molecular weight is 367 g/mol. The topological polar surface area (TPSA) is 34.6 Å². The molecule has 0 radical (unpaired) electrons. The van der Waals surface area contributed by atoms with Crippen LogP contribution in [-0.2, 0) is 13.0 Å². The first-order valence-corrected chi connectivity index (χ1v) is 10.1. The highest BCUT2D eigenvalue weighted by Crippen LogP contribution is 2.34. The average Bonchev–Trinajstić information content (AvgIpc) is 2.62. The highest BCUT2D eigenvalue weighted by atomic mass is 16.6. The van der Waals surface area contributed by atoms with Crippen LogP contribution in [-0.4, -0.2) is 36.2 Å². The number of likely N-dealkylation sites (tertiary alicyclic amines) is 1. The van der Waals surface area contributed by atoms with Gasteiger partial charge in [-0.15, -0.1) is 0 Å². The van der Waals surface area contributed by atoms with Gasteiger partial charge in [-0.1, -0.05) is 0 Å². The van der Waals surface area contributed by atoms with Gasteiger partial charge in [-0.25, -0.2) is 0 Å². The van der Waals surface area contributed by atoms with Gasteiger partial charge in [-0.3, -0.25) is 9.88 Å². The van der Waals surface area contributed by atoms with Gasteiger partial charge in [0.1, 0.15) is 13.2 Å². The van der Waals surface area contributed by atoms with E-state index in [4.69, 9.17) is 9.47 Å². The molecule has 144 valence electrons. The molecule has 0 spiro atoms. The van der Waals surface area contributed by atoms with Gasteiger partial charge >= 0.3 is 0 Å². The first kappa shape index (κ1) is 18.3. The zero-order chi connectivity index (χ0) is 18.8. The second-order valence-electron chi connectivity index (χ2n) is 8.13. The van der Waals surface area contributed by atoms with E-state index in [-0.39, 0.29) is 0 Å². The summed E-state index contributed by atoms with van der Waals surface area (Å²) in [7, 11) is 0. The number of nitrogens with zero attached hydrogens (tertiary/aromatic N) is 2. The van der Waals surface area contributed by atoms with Crippen LogP contribution in [0.5, 0.6) is 11.5 Å². The molecule has 27 heavy (non-hydrogen) atoms. The maximum atomic E-state index is 5.78. The van der Waals surface area contributed by atoms with E-state index in [1.165, 1.54) is 36.1 Å². The minimum atomic E-state index is 0.645. The zero-order valence-electron chi connectivity index (χ0n) is 16.8. The fourth-order valence-corrected chi connectivity index (χ4v) is 4.48. The molecule has 0 amide bonds. The highest BCUT2D eigenvalue weighted by molar-refractivity contribution is 5.47. The Morgan fingerprint density at radius 3 is 2.44 bits per heavy atom. The highest BCUT2D eigenvalue weighted by Gasteiger charge is 2.22. The van der Waals surface area contributed by atoms with Crippen LogP contribution in [0.4, 0.5) is 0 Å². The van der Waals surface area contributed by atoms with Gasteiger partial charge in [0.15, 0.2) is 11.5 Å². The van der Waals surface area contributed by atoms with Gasteiger partial charge in [-0.05, 0) is 93.5 Å². The number of hydrogen-bond acceptors (Lipinski definition) is 4. The van der Waals surface area contributed by atoms with Crippen LogP contribution in [0, 0.1) is 26.7 Å². The molecular formula is C23H30N2O2. The molecule has 0 N–H and O–H groups in total. The number of aryl methyl sites for hydroxylation is 3. The van der Waals surface area contributed by atoms with Gasteiger partial charge in [0, 0.05) is 24.5 Å². The summed E-state index contributed by atoms with van der Waals surface area (Å²) < 4.78 is 11.5. The van der Waals surface area contributed by atoms with E-state index in [0.29, 0.717) is 13.2 Å². The Morgan fingerprint density at radius 2 is 1.70 bits per heavy atom. The molecule has 1 aromatic heterocycles. The van der Waals surface area contributed by atoms with E-state index in [1.54, 1.807) is 0 Å². The number of benzene rings is 1. The molecule has 1 aromatic carbocycles. The van der Waals surface area contributed by atoms with Crippen LogP contribution < -0.4 is 9.47 Å². The minimum absolute atomic E-state index is 0.645. The van der Waals surface area contributed by atoms with Gasteiger partial charge < -0.3 is 9.47 Å². The molecule has 2 aromatic rings. The predicted molar refractivity (Wildman–Crippen MR) is 108 cm³/mol. The molecule has 4 rings (SSSR count). The number of piperidine rings is 1. The molecule has 2 aliphatic heterocycles. The molecule has 4 nitrogen and oxygen atoms in total. The third kappa shape index (κ3) is 4.44. The van der Waals surface area contributed by atoms with E-state index in [0.717, 1.165) is 48.3 Å². The normalized spacial score (nSPS) is 19.9. The van der Waals surface area contributed by atoms with Crippen molar-refractivity contribution in [3.8, 4) is 11.5 Å². The smallest absolute Gasteiger partial charge is 0.161 e. The lowest BCUT2D eigenvalue weighted by Gasteiger charge is -2.33. The lowest BCUT2D eigenvalue weighted by molar-refractivity contribution is 0.162. The third-order valence-corrected chi connectivity index (χ3v) is 5.66. The van der Waals surface area contributed by atoms with Crippen molar-refractivity contribution in [1.29, 1.82) is 0 Å². The number of aromatic nitrogens is 1. The van der Waals surface area contributed by atoms with Crippen molar-refractivity contribution in [3.63, 3.8) is 0 Å². The monoisotopic (exact) mass is 366 g/mol. The number of rotatable bonds is 4. The van der Waals surface area contributed by atoms with Gasteiger partial charge in [0.25, 0.3) is 0 Å². The molecule has 1 saturated heterocycles. The number of ether oxygens (including phenoxy) is 2. The van der Waals surface area contributed by atoms with E-state index < -0.39 is 0 Å². The summed E-state index contributed by atoms with van der Waals surface area (Å²) in [6.07, 6.45) is 3.75. The van der Waals surface area contributed by atoms with Crippen LogP contribution >= 0.6 is 0 Å². The summed E-state index contributed by atoms with van der Waals surface area (Å²) in [4.78, 5) is 7.12. The second-order valence-corrected chi connectivity index (χ2v) is 8.13. The molecule has 0 saturated carbocycles.